The first-order valence-corrected chi connectivity index (χ1v) is 4.30. The van der Waals surface area contributed by atoms with Crippen molar-refractivity contribution >= 4 is 17.0 Å². The van der Waals surface area contributed by atoms with E-state index in [1.807, 2.05) is 0 Å². The molecule has 0 heterocycles. The number of rotatable bonds is 0. The molecule has 0 saturated heterocycles. The Bertz CT molecular complexity index is 113. The molecule has 0 spiro atoms. The van der Waals surface area contributed by atoms with Crippen molar-refractivity contribution in [2.45, 2.75) is 0 Å². The summed E-state index contributed by atoms with van der Waals surface area (Å²) >= 11 is 0. The summed E-state index contributed by atoms with van der Waals surface area (Å²) in [6, 6.07) is 0. The quantitative estimate of drug-likeness (QED) is 0.233. The van der Waals surface area contributed by atoms with Gasteiger partial charge >= 0.3 is 17.0 Å². The predicted molar refractivity (Wildman–Crippen MR) is 25.1 cm³/mol. The second-order valence-corrected chi connectivity index (χ2v) is 2.39. The van der Waals surface area contributed by atoms with Gasteiger partial charge in [-0.25, -0.2) is 4.57 Å². The van der Waals surface area contributed by atoms with Crippen molar-refractivity contribution in [3.8, 4) is 0 Å². The molecule has 7 nitrogen and oxygen atoms in total. The van der Waals surface area contributed by atoms with Crippen LogP contribution in [-0.2, 0) is 28.5 Å². The first kappa shape index (κ1) is 16.7. The van der Waals surface area contributed by atoms with E-state index >= 15 is 0 Å². The standard InChI is InChI=1S/H3O4P.H2O3Si.Zn/c1-5(2,3)4;1-4(2)3;/h(H3,1,2,3,4);1-2H;. The van der Waals surface area contributed by atoms with E-state index in [-0.39, 0.29) is 19.5 Å². The van der Waals surface area contributed by atoms with Gasteiger partial charge in [-0.05, 0) is 0 Å². The van der Waals surface area contributed by atoms with Crippen molar-refractivity contribution in [3.05, 3.63) is 0 Å². The van der Waals surface area contributed by atoms with E-state index < -0.39 is 17.0 Å². The van der Waals surface area contributed by atoms with Gasteiger partial charge in [-0.3, -0.25) is 4.46 Å². The molecule has 0 aromatic rings. The first-order chi connectivity index (χ1) is 3.73. The topological polar surface area (TPSA) is 135 Å². The Morgan fingerprint density at radius 1 is 1.10 bits per heavy atom. The Morgan fingerprint density at radius 2 is 1.10 bits per heavy atom. The molecule has 0 bridgehead atoms. The van der Waals surface area contributed by atoms with Gasteiger partial charge in [0.25, 0.3) is 0 Å². The van der Waals surface area contributed by atoms with Gasteiger partial charge in [0.05, 0.1) is 0 Å². The average molecular weight is 241 g/mol. The number of hydrogen-bond acceptors (Lipinski definition) is 2. The minimum atomic E-state index is -4.64. The van der Waals surface area contributed by atoms with Crippen LogP contribution in [0.15, 0.2) is 0 Å². The molecular formula is H5O7PSiZn. The zero-order valence-corrected chi connectivity index (χ0v) is 9.57. The molecule has 5 N–H and O–H groups in total. The second-order valence-electron chi connectivity index (χ2n) is 0.796. The summed E-state index contributed by atoms with van der Waals surface area (Å²) in [6.45, 7) is 0. The average Bonchev–Trinajstić information content (AvgIpc) is 1.19. The fourth-order valence-electron chi connectivity index (χ4n) is 0. The predicted octanol–water partition coefficient (Wildman–Crippen LogP) is -2.54. The van der Waals surface area contributed by atoms with Gasteiger partial charge in [-0.2, -0.15) is 0 Å². The van der Waals surface area contributed by atoms with Gasteiger partial charge < -0.3 is 24.3 Å². The van der Waals surface area contributed by atoms with E-state index in [1.54, 1.807) is 0 Å². The summed E-state index contributed by atoms with van der Waals surface area (Å²) in [5.74, 6) is 0. The van der Waals surface area contributed by atoms with Crippen LogP contribution in [-0.4, -0.2) is 33.4 Å². The van der Waals surface area contributed by atoms with E-state index in [1.165, 1.54) is 0 Å². The van der Waals surface area contributed by atoms with Crippen LogP contribution < -0.4 is 0 Å². The van der Waals surface area contributed by atoms with Gasteiger partial charge in [0.1, 0.15) is 0 Å². The van der Waals surface area contributed by atoms with Crippen LogP contribution in [0, 0.1) is 0 Å². The molecule has 0 aliphatic carbocycles. The molecule has 0 rings (SSSR count). The maximum Gasteiger partial charge on any atom is 0.761 e. The van der Waals surface area contributed by atoms with Crippen molar-refractivity contribution in [2.24, 2.45) is 0 Å². The molecule has 0 fully saturated rings. The molecular weight excluding hydrogens is 236 g/mol. The summed E-state index contributed by atoms with van der Waals surface area (Å²) in [6.07, 6.45) is 0. The van der Waals surface area contributed by atoms with E-state index in [4.69, 9.17) is 33.3 Å². The van der Waals surface area contributed by atoms with Gasteiger partial charge in [0.2, 0.25) is 0 Å². The molecule has 0 saturated carbocycles. The summed E-state index contributed by atoms with van der Waals surface area (Å²) in [7, 11) is -7.77. The SMILES string of the molecule is O=P(O)(O)O.O=[Si](O)O.[Zn]. The Balaban J connectivity index is -0.0000000910. The molecule has 0 aromatic heterocycles. The summed E-state index contributed by atoms with van der Waals surface area (Å²) < 4.78 is 17.6. The van der Waals surface area contributed by atoms with Crippen molar-refractivity contribution in [1.29, 1.82) is 0 Å². The number of hydrogen-bond donors (Lipinski definition) is 5. The fourth-order valence-corrected chi connectivity index (χ4v) is 0. The Labute approximate surface area is 70.2 Å². The summed E-state index contributed by atoms with van der Waals surface area (Å²) in [5, 5.41) is 0. The normalized spacial score (nSPS) is 8.30. The summed E-state index contributed by atoms with van der Waals surface area (Å²) in [5.41, 5.74) is 0. The molecule has 0 aliphatic rings. The molecule has 58 valence electrons. The first-order valence-electron chi connectivity index (χ1n) is 1.43. The zero-order valence-electron chi connectivity index (χ0n) is 4.71. The minimum Gasteiger partial charge on any atom is -0.511 e. The maximum absolute atomic E-state index is 8.88. The third kappa shape index (κ3) is 3680. The van der Waals surface area contributed by atoms with Crippen LogP contribution in [0.4, 0.5) is 0 Å². The minimum absolute atomic E-state index is 0. The van der Waals surface area contributed by atoms with Crippen LogP contribution in [0.25, 0.3) is 0 Å². The van der Waals surface area contributed by atoms with Crippen LogP contribution in [0.1, 0.15) is 0 Å². The van der Waals surface area contributed by atoms with Crippen molar-refractivity contribution in [3.63, 3.8) is 0 Å². The van der Waals surface area contributed by atoms with Crippen LogP contribution in [0.3, 0.4) is 0 Å². The second kappa shape index (κ2) is 7.46. The van der Waals surface area contributed by atoms with Gasteiger partial charge in [0.15, 0.2) is 0 Å². The molecule has 0 amide bonds. The Kier molecular flexibility index (Phi) is 12.5. The van der Waals surface area contributed by atoms with Crippen LogP contribution in [0.5, 0.6) is 0 Å². The fraction of sp³-hybridized carbons (Fsp3) is 0. The third-order valence-corrected chi connectivity index (χ3v) is 0. The van der Waals surface area contributed by atoms with Gasteiger partial charge in [-0.15, -0.1) is 0 Å². The van der Waals surface area contributed by atoms with Gasteiger partial charge in [-0.1, -0.05) is 0 Å². The smallest absolute Gasteiger partial charge is 0.511 e. The van der Waals surface area contributed by atoms with E-state index in [9.17, 15) is 0 Å². The van der Waals surface area contributed by atoms with Crippen LogP contribution >= 0.6 is 7.82 Å². The third-order valence-electron chi connectivity index (χ3n) is 0. The van der Waals surface area contributed by atoms with Crippen LogP contribution in [0.2, 0.25) is 0 Å². The Morgan fingerprint density at radius 3 is 1.10 bits per heavy atom. The molecule has 0 aliphatic heterocycles. The molecule has 0 aromatic carbocycles. The van der Waals surface area contributed by atoms with Crippen molar-refractivity contribution in [1.82, 2.24) is 0 Å². The summed E-state index contributed by atoms with van der Waals surface area (Å²) in [4.78, 5) is 35.9. The zero-order chi connectivity index (χ0) is 8.08. The van der Waals surface area contributed by atoms with E-state index in [0.29, 0.717) is 0 Å². The van der Waals surface area contributed by atoms with E-state index in [2.05, 4.69) is 0 Å². The number of phosphoric acid groups is 1. The molecule has 10 heteroatoms. The largest absolute Gasteiger partial charge is 0.761 e. The molecule has 0 unspecified atom stereocenters. The molecule has 0 atom stereocenters. The van der Waals surface area contributed by atoms with Gasteiger partial charge in [0, 0.05) is 19.5 Å². The van der Waals surface area contributed by atoms with Crippen molar-refractivity contribution in [2.75, 3.05) is 0 Å². The monoisotopic (exact) mass is 240 g/mol. The van der Waals surface area contributed by atoms with Crippen molar-refractivity contribution < 1.29 is 52.8 Å². The Hall–Kier alpha value is 0.350. The molecule has 10 heavy (non-hydrogen) atoms. The molecule has 0 radical (unpaired) electrons. The van der Waals surface area contributed by atoms with E-state index in [0.717, 1.165) is 0 Å². The maximum atomic E-state index is 8.88.